The zero-order chi connectivity index (χ0) is 22.2. The zero-order valence-corrected chi connectivity index (χ0v) is 17.5. The van der Waals surface area contributed by atoms with Gasteiger partial charge in [0.2, 0.25) is 6.79 Å². The van der Waals surface area contributed by atoms with E-state index in [1.807, 2.05) is 42.5 Å². The van der Waals surface area contributed by atoms with Crippen LogP contribution in [0, 0.1) is 11.3 Å². The molecule has 3 heterocycles. The van der Waals surface area contributed by atoms with Crippen LogP contribution in [0.1, 0.15) is 20.8 Å². The van der Waals surface area contributed by atoms with Crippen molar-refractivity contribution in [2.24, 2.45) is 0 Å². The highest BCUT2D eigenvalue weighted by atomic mass is 32.1. The van der Waals surface area contributed by atoms with E-state index in [-0.39, 0.29) is 36.3 Å². The Balaban J connectivity index is 1.52. The minimum Gasteiger partial charge on any atom is -0.454 e. The molecular formula is C23H17N5O3S. The molecule has 0 spiro atoms. The van der Waals surface area contributed by atoms with Gasteiger partial charge in [-0.2, -0.15) is 5.26 Å². The van der Waals surface area contributed by atoms with Gasteiger partial charge < -0.3 is 26.3 Å². The van der Waals surface area contributed by atoms with E-state index in [0.29, 0.717) is 32.2 Å². The molecule has 1 aliphatic heterocycles. The maximum Gasteiger partial charge on any atom is 0.263 e. The van der Waals surface area contributed by atoms with Gasteiger partial charge in [-0.3, -0.25) is 4.79 Å². The van der Waals surface area contributed by atoms with Gasteiger partial charge in [-0.15, -0.1) is 11.3 Å². The second-order valence-electron chi connectivity index (χ2n) is 7.12. The summed E-state index contributed by atoms with van der Waals surface area (Å²) >= 11 is 1.15. The summed E-state index contributed by atoms with van der Waals surface area (Å²) in [7, 11) is 0. The first-order chi connectivity index (χ1) is 15.6. The number of benzene rings is 2. The highest BCUT2D eigenvalue weighted by molar-refractivity contribution is 7.21. The fraction of sp³-hybridized carbons (Fsp3) is 0.0870. The molecule has 0 bridgehead atoms. The van der Waals surface area contributed by atoms with Crippen LogP contribution in [0.4, 0.5) is 11.5 Å². The number of nitrogens with zero attached hydrogens (tertiary/aromatic N) is 2. The van der Waals surface area contributed by atoms with Crippen LogP contribution in [0.3, 0.4) is 0 Å². The quantitative estimate of drug-likeness (QED) is 0.438. The van der Waals surface area contributed by atoms with Gasteiger partial charge in [0, 0.05) is 17.5 Å². The monoisotopic (exact) mass is 443 g/mol. The Morgan fingerprint density at radius 3 is 2.72 bits per heavy atom. The van der Waals surface area contributed by atoms with Gasteiger partial charge in [-0.1, -0.05) is 36.4 Å². The van der Waals surface area contributed by atoms with Gasteiger partial charge in [0.25, 0.3) is 5.91 Å². The van der Waals surface area contributed by atoms with E-state index < -0.39 is 0 Å². The lowest BCUT2D eigenvalue weighted by atomic mass is 9.97. The van der Waals surface area contributed by atoms with E-state index in [1.165, 1.54) is 0 Å². The number of anilines is 2. The molecule has 0 fully saturated rings. The highest BCUT2D eigenvalue weighted by Crippen LogP contribution is 2.42. The molecule has 0 atom stereocenters. The van der Waals surface area contributed by atoms with Gasteiger partial charge in [-0.25, -0.2) is 4.98 Å². The van der Waals surface area contributed by atoms with Crippen molar-refractivity contribution in [2.45, 2.75) is 6.54 Å². The minimum atomic E-state index is -0.334. The van der Waals surface area contributed by atoms with Crippen LogP contribution in [-0.2, 0) is 6.54 Å². The fourth-order valence-electron chi connectivity index (χ4n) is 3.66. The number of nitrogens with one attached hydrogen (secondary N) is 1. The van der Waals surface area contributed by atoms with E-state index in [1.54, 1.807) is 6.07 Å². The maximum absolute atomic E-state index is 13.0. The number of rotatable bonds is 4. The number of amides is 1. The topological polar surface area (TPSA) is 136 Å². The van der Waals surface area contributed by atoms with Crippen LogP contribution in [-0.4, -0.2) is 17.7 Å². The molecule has 0 radical (unpaired) electrons. The number of hydrogen-bond donors (Lipinski definition) is 3. The number of nitriles is 1. The summed E-state index contributed by atoms with van der Waals surface area (Å²) in [5, 5.41) is 13.1. The Morgan fingerprint density at radius 1 is 1.16 bits per heavy atom. The van der Waals surface area contributed by atoms with Gasteiger partial charge in [0.15, 0.2) is 11.5 Å². The van der Waals surface area contributed by atoms with Crippen molar-refractivity contribution in [3.63, 3.8) is 0 Å². The van der Waals surface area contributed by atoms with Crippen LogP contribution in [0.25, 0.3) is 21.3 Å². The summed E-state index contributed by atoms with van der Waals surface area (Å²) in [5.41, 5.74) is 15.2. The van der Waals surface area contributed by atoms with Crippen LogP contribution in [0.2, 0.25) is 0 Å². The Morgan fingerprint density at radius 2 is 1.94 bits per heavy atom. The van der Waals surface area contributed by atoms with Gasteiger partial charge in [0.05, 0.1) is 5.69 Å². The number of thiophene rings is 1. The predicted octanol–water partition coefficient (Wildman–Crippen LogP) is 3.66. The number of aromatic nitrogens is 1. The molecule has 0 unspecified atom stereocenters. The molecule has 4 aromatic rings. The summed E-state index contributed by atoms with van der Waals surface area (Å²) in [5.74, 6) is 1.10. The third-order valence-electron chi connectivity index (χ3n) is 5.18. The van der Waals surface area contributed by atoms with Gasteiger partial charge in [-0.05, 0) is 23.3 Å². The van der Waals surface area contributed by atoms with Gasteiger partial charge in [0.1, 0.15) is 27.2 Å². The summed E-state index contributed by atoms with van der Waals surface area (Å²) in [6, 6.07) is 16.9. The number of fused-ring (bicyclic) bond motifs is 2. The predicted molar refractivity (Wildman–Crippen MR) is 122 cm³/mol. The number of nitrogen functional groups attached to an aromatic ring is 2. The van der Waals surface area contributed by atoms with Crippen molar-refractivity contribution in [1.29, 1.82) is 5.26 Å². The molecule has 2 aromatic carbocycles. The van der Waals surface area contributed by atoms with E-state index in [2.05, 4.69) is 16.4 Å². The fourth-order valence-corrected chi connectivity index (χ4v) is 4.69. The first kappa shape index (κ1) is 19.7. The molecule has 0 aliphatic carbocycles. The van der Waals surface area contributed by atoms with Crippen LogP contribution >= 0.6 is 11.3 Å². The SMILES string of the molecule is N#Cc1c(N)nc2sc(C(=O)NCc3ccc4c(c3)OCO4)c(N)c2c1-c1ccccc1. The van der Waals surface area contributed by atoms with Crippen molar-refractivity contribution in [1.82, 2.24) is 10.3 Å². The molecule has 1 amide bonds. The largest absolute Gasteiger partial charge is 0.454 e. The minimum absolute atomic E-state index is 0.104. The Bertz CT molecular complexity index is 1410. The molecule has 9 heteroatoms. The molecule has 5 rings (SSSR count). The smallest absolute Gasteiger partial charge is 0.263 e. The van der Waals surface area contributed by atoms with Crippen molar-refractivity contribution in [3.05, 3.63) is 64.5 Å². The first-order valence-electron chi connectivity index (χ1n) is 9.70. The molecule has 1 aliphatic rings. The Labute approximate surface area is 187 Å². The summed E-state index contributed by atoms with van der Waals surface area (Å²) in [4.78, 5) is 18.1. The second kappa shape index (κ2) is 7.76. The molecule has 32 heavy (non-hydrogen) atoms. The first-order valence-corrected chi connectivity index (χ1v) is 10.5. The third-order valence-corrected chi connectivity index (χ3v) is 6.27. The van der Waals surface area contributed by atoms with Crippen molar-refractivity contribution in [2.75, 3.05) is 18.3 Å². The number of pyridine rings is 1. The van der Waals surface area contributed by atoms with E-state index in [4.69, 9.17) is 20.9 Å². The van der Waals surface area contributed by atoms with Crippen molar-refractivity contribution in [3.8, 4) is 28.7 Å². The lowest BCUT2D eigenvalue weighted by Crippen LogP contribution is -2.22. The van der Waals surface area contributed by atoms with Crippen molar-refractivity contribution < 1.29 is 14.3 Å². The molecule has 158 valence electrons. The third kappa shape index (κ3) is 3.23. The van der Waals surface area contributed by atoms with E-state index in [9.17, 15) is 10.1 Å². The van der Waals surface area contributed by atoms with Crippen LogP contribution in [0.15, 0.2) is 48.5 Å². The zero-order valence-electron chi connectivity index (χ0n) is 16.7. The normalized spacial score (nSPS) is 12.0. The summed E-state index contributed by atoms with van der Waals surface area (Å²) in [6.45, 7) is 0.474. The number of nitrogens with two attached hydrogens (primary N) is 2. The molecular weight excluding hydrogens is 426 g/mol. The van der Waals surface area contributed by atoms with Gasteiger partial charge >= 0.3 is 0 Å². The standard InChI is InChI=1S/C23H17N5O3S/c24-9-14-17(13-4-2-1-3-5-13)18-19(25)20(32-23(18)28-21(14)26)22(29)27-10-12-6-7-15-16(8-12)31-11-30-15/h1-8H,10-11,25H2,(H2,26,28)(H,27,29). The molecule has 0 saturated carbocycles. The van der Waals surface area contributed by atoms with E-state index in [0.717, 1.165) is 22.5 Å². The number of carbonyl (C=O) groups excluding carboxylic acids is 1. The Kier molecular flexibility index (Phi) is 4.77. The number of hydrogen-bond acceptors (Lipinski definition) is 8. The second-order valence-corrected chi connectivity index (χ2v) is 8.12. The average Bonchev–Trinajstić information content (AvgIpc) is 3.41. The van der Waals surface area contributed by atoms with E-state index >= 15 is 0 Å². The molecule has 0 saturated heterocycles. The maximum atomic E-state index is 13.0. The lowest BCUT2D eigenvalue weighted by Gasteiger charge is -2.09. The number of carbonyl (C=O) groups is 1. The summed E-state index contributed by atoms with van der Waals surface area (Å²) < 4.78 is 10.7. The Hall–Kier alpha value is -4.29. The van der Waals surface area contributed by atoms with Crippen LogP contribution < -0.4 is 26.3 Å². The highest BCUT2D eigenvalue weighted by Gasteiger charge is 2.24. The number of ether oxygens (including phenoxy) is 2. The lowest BCUT2D eigenvalue weighted by molar-refractivity contribution is 0.0955. The average molecular weight is 443 g/mol. The summed E-state index contributed by atoms with van der Waals surface area (Å²) in [6.07, 6.45) is 0. The van der Waals surface area contributed by atoms with Crippen LogP contribution in [0.5, 0.6) is 11.5 Å². The molecule has 2 aromatic heterocycles. The molecule has 8 nitrogen and oxygen atoms in total. The van der Waals surface area contributed by atoms with Crippen molar-refractivity contribution >= 4 is 39.0 Å². The molecule has 5 N–H and O–H groups in total.